The summed E-state index contributed by atoms with van der Waals surface area (Å²) in [6, 6.07) is 10.7. The highest BCUT2D eigenvalue weighted by atomic mass is 35.5. The van der Waals surface area contributed by atoms with Crippen LogP contribution in [0.25, 0.3) is 0 Å². The van der Waals surface area contributed by atoms with Gasteiger partial charge in [-0.3, -0.25) is 9.59 Å². The van der Waals surface area contributed by atoms with E-state index < -0.39 is 12.0 Å². The van der Waals surface area contributed by atoms with Crippen molar-refractivity contribution < 1.29 is 19.1 Å². The number of carbonyl (C=O) groups excluding carboxylic acids is 3. The van der Waals surface area contributed by atoms with Gasteiger partial charge in [0, 0.05) is 17.3 Å². The molecule has 0 aliphatic carbocycles. The number of nitrogens with one attached hydrogen (secondary N) is 2. The fraction of sp³-hybridized carbons (Fsp3) is 0.321. The smallest absolute Gasteiger partial charge is 0.338 e. The van der Waals surface area contributed by atoms with Crippen LogP contribution in [0.4, 0.5) is 5.69 Å². The zero-order chi connectivity index (χ0) is 29.4. The first-order chi connectivity index (χ1) is 19.0. The quantitative estimate of drug-likeness (QED) is 0.144. The average molecular weight is 605 g/mol. The predicted molar refractivity (Wildman–Crippen MR) is 158 cm³/mol. The van der Waals surface area contributed by atoms with E-state index in [-0.39, 0.29) is 34.6 Å². The number of ether oxygens (including phenoxy) is 1. The average Bonchev–Trinajstić information content (AvgIpc) is 3.27. The molecule has 3 rings (SSSR count). The van der Waals surface area contributed by atoms with Gasteiger partial charge in [0.1, 0.15) is 0 Å². The van der Waals surface area contributed by atoms with Gasteiger partial charge in [-0.15, -0.1) is 16.8 Å². The highest BCUT2D eigenvalue weighted by Crippen LogP contribution is 2.27. The first-order valence-corrected chi connectivity index (χ1v) is 14.3. The first-order valence-electron chi connectivity index (χ1n) is 12.5. The van der Waals surface area contributed by atoms with Crippen LogP contribution in [0, 0.1) is 5.92 Å². The molecule has 9 nitrogen and oxygen atoms in total. The summed E-state index contributed by atoms with van der Waals surface area (Å²) in [6.45, 7) is 11.6. The first kappa shape index (κ1) is 31.2. The van der Waals surface area contributed by atoms with Gasteiger partial charge in [0.15, 0.2) is 11.0 Å². The molecule has 0 aliphatic heterocycles. The topological polar surface area (TPSA) is 115 Å². The summed E-state index contributed by atoms with van der Waals surface area (Å²) < 4.78 is 7.02. The summed E-state index contributed by atoms with van der Waals surface area (Å²) in [6.07, 6.45) is 1.44. The highest BCUT2D eigenvalue weighted by molar-refractivity contribution is 7.99. The van der Waals surface area contributed by atoms with Crippen molar-refractivity contribution in [1.29, 1.82) is 0 Å². The number of benzene rings is 2. The van der Waals surface area contributed by atoms with E-state index in [0.717, 1.165) is 0 Å². The molecule has 2 N–H and O–H groups in total. The lowest BCUT2D eigenvalue weighted by molar-refractivity contribution is -0.113. The molecule has 0 saturated heterocycles. The molecule has 0 spiro atoms. The maximum absolute atomic E-state index is 13.0. The van der Waals surface area contributed by atoms with Gasteiger partial charge in [-0.2, -0.15) is 0 Å². The van der Waals surface area contributed by atoms with Gasteiger partial charge in [-0.1, -0.05) is 61.0 Å². The Morgan fingerprint density at radius 1 is 1.10 bits per heavy atom. The summed E-state index contributed by atoms with van der Waals surface area (Å²) in [4.78, 5) is 37.9. The monoisotopic (exact) mass is 603 g/mol. The number of esters is 1. The second-order valence-corrected chi connectivity index (χ2v) is 11.2. The number of rotatable bonds is 12. The van der Waals surface area contributed by atoms with Crippen molar-refractivity contribution in [2.45, 2.75) is 51.5 Å². The van der Waals surface area contributed by atoms with E-state index in [4.69, 9.17) is 27.9 Å². The second kappa shape index (κ2) is 14.3. The minimum atomic E-state index is -0.497. The minimum Gasteiger partial charge on any atom is -0.459 e. The lowest BCUT2D eigenvalue weighted by Gasteiger charge is -2.23. The molecule has 2 aromatic carbocycles. The van der Waals surface area contributed by atoms with Crippen LogP contribution in [0.15, 0.2) is 60.3 Å². The Morgan fingerprint density at radius 3 is 2.50 bits per heavy atom. The Labute approximate surface area is 247 Å². The molecule has 0 unspecified atom stereocenters. The molecule has 0 aliphatic rings. The van der Waals surface area contributed by atoms with Crippen molar-refractivity contribution in [1.82, 2.24) is 20.1 Å². The number of hydrogen-bond donors (Lipinski definition) is 2. The third-order valence-corrected chi connectivity index (χ3v) is 7.04. The predicted octanol–water partition coefficient (Wildman–Crippen LogP) is 6.19. The fourth-order valence-electron chi connectivity index (χ4n) is 3.69. The lowest BCUT2D eigenvalue weighted by Crippen LogP contribution is -2.34. The van der Waals surface area contributed by atoms with Crippen LogP contribution < -0.4 is 10.6 Å². The summed E-state index contributed by atoms with van der Waals surface area (Å²) in [5.74, 6) is -0.613. The minimum absolute atomic E-state index is 0.0367. The summed E-state index contributed by atoms with van der Waals surface area (Å²) in [5, 5.41) is 15.6. The van der Waals surface area contributed by atoms with Crippen molar-refractivity contribution in [3.8, 4) is 0 Å². The fourth-order valence-corrected chi connectivity index (χ4v) is 4.94. The number of amides is 2. The molecule has 0 saturated carbocycles. The van der Waals surface area contributed by atoms with Crippen LogP contribution in [0.3, 0.4) is 0 Å². The summed E-state index contributed by atoms with van der Waals surface area (Å²) >= 11 is 13.4. The third kappa shape index (κ3) is 8.33. The van der Waals surface area contributed by atoms with Crippen LogP contribution in [0.1, 0.15) is 60.3 Å². The molecular weight excluding hydrogens is 573 g/mol. The highest BCUT2D eigenvalue weighted by Gasteiger charge is 2.27. The maximum atomic E-state index is 13.0. The Morgan fingerprint density at radius 2 is 1.85 bits per heavy atom. The van der Waals surface area contributed by atoms with Gasteiger partial charge in [-0.25, -0.2) is 4.79 Å². The molecule has 3 aromatic rings. The zero-order valence-corrected chi connectivity index (χ0v) is 24.9. The van der Waals surface area contributed by atoms with Crippen LogP contribution >= 0.6 is 35.0 Å². The molecule has 0 radical (unpaired) electrons. The number of nitrogens with zero attached hydrogens (tertiary/aromatic N) is 3. The SMILES string of the molecule is C=CCn1c(SCC(=O)Nc2cccc(C(=O)OC(C)C)c2)nnc1[C@H](NC(=O)c1ccc(Cl)cc1Cl)C(C)C. The van der Waals surface area contributed by atoms with Gasteiger partial charge >= 0.3 is 5.97 Å². The van der Waals surface area contributed by atoms with Crippen molar-refractivity contribution in [3.63, 3.8) is 0 Å². The Kier molecular flexibility index (Phi) is 11.2. The van der Waals surface area contributed by atoms with E-state index in [0.29, 0.717) is 39.4 Å². The Bertz CT molecular complexity index is 1390. The second-order valence-electron chi connectivity index (χ2n) is 9.43. The van der Waals surface area contributed by atoms with Crippen molar-refractivity contribution in [3.05, 3.63) is 82.1 Å². The van der Waals surface area contributed by atoms with E-state index in [1.54, 1.807) is 56.3 Å². The van der Waals surface area contributed by atoms with Gasteiger partial charge < -0.3 is 19.9 Å². The number of thioether (sulfide) groups is 1. The molecular formula is C28H31Cl2N5O4S. The van der Waals surface area contributed by atoms with Gasteiger partial charge in [0.25, 0.3) is 5.91 Å². The molecule has 212 valence electrons. The van der Waals surface area contributed by atoms with Crippen molar-refractivity contribution in [2.75, 3.05) is 11.1 Å². The van der Waals surface area contributed by atoms with Gasteiger partial charge in [0.2, 0.25) is 5.91 Å². The molecule has 0 fully saturated rings. The molecule has 0 bridgehead atoms. The van der Waals surface area contributed by atoms with E-state index in [1.807, 2.05) is 18.4 Å². The molecule has 1 aromatic heterocycles. The van der Waals surface area contributed by atoms with Gasteiger partial charge in [0.05, 0.1) is 34.0 Å². The Hall–Kier alpha value is -3.34. The summed E-state index contributed by atoms with van der Waals surface area (Å²) in [5.41, 5.74) is 1.11. The number of carbonyl (C=O) groups is 3. The third-order valence-electron chi connectivity index (χ3n) is 5.52. The van der Waals surface area contributed by atoms with Crippen LogP contribution in [0.2, 0.25) is 10.0 Å². The maximum Gasteiger partial charge on any atom is 0.338 e. The molecule has 12 heteroatoms. The van der Waals surface area contributed by atoms with Gasteiger partial charge in [-0.05, 0) is 56.2 Å². The lowest BCUT2D eigenvalue weighted by atomic mass is 10.0. The number of aromatic nitrogens is 3. The number of allylic oxidation sites excluding steroid dienone is 1. The van der Waals surface area contributed by atoms with E-state index in [1.165, 1.54) is 17.8 Å². The molecule has 1 heterocycles. The normalized spacial score (nSPS) is 11.8. The van der Waals surface area contributed by atoms with E-state index in [9.17, 15) is 14.4 Å². The molecule has 2 amide bonds. The van der Waals surface area contributed by atoms with Crippen molar-refractivity contribution >= 4 is 58.4 Å². The number of anilines is 1. The van der Waals surface area contributed by atoms with E-state index >= 15 is 0 Å². The summed E-state index contributed by atoms with van der Waals surface area (Å²) in [7, 11) is 0. The van der Waals surface area contributed by atoms with Crippen LogP contribution in [-0.4, -0.2) is 44.4 Å². The molecule has 1 atom stereocenters. The molecule has 40 heavy (non-hydrogen) atoms. The number of halogens is 2. The van der Waals surface area contributed by atoms with Crippen LogP contribution in [0.5, 0.6) is 0 Å². The Balaban J connectivity index is 1.73. The number of hydrogen-bond acceptors (Lipinski definition) is 7. The largest absolute Gasteiger partial charge is 0.459 e. The standard InChI is InChI=1S/C28H31Cl2N5O4S/c1-6-12-35-25(24(16(2)3)32-26(37)21-11-10-19(29)14-22(21)30)33-34-28(35)40-15-23(36)31-20-9-7-8-18(13-20)27(38)39-17(4)5/h6-11,13-14,16-17,24H,1,12,15H2,2-5H3,(H,31,36)(H,32,37)/t24-/m1/s1. The van der Waals surface area contributed by atoms with Crippen LogP contribution in [-0.2, 0) is 16.1 Å². The zero-order valence-electron chi connectivity index (χ0n) is 22.6. The van der Waals surface area contributed by atoms with E-state index in [2.05, 4.69) is 27.4 Å². The van der Waals surface area contributed by atoms with Crippen molar-refractivity contribution in [2.24, 2.45) is 5.92 Å².